The van der Waals surface area contributed by atoms with E-state index in [0.29, 0.717) is 12.2 Å². The fourth-order valence-corrected chi connectivity index (χ4v) is 3.10. The average Bonchev–Trinajstić information content (AvgIpc) is 2.95. The predicted octanol–water partition coefficient (Wildman–Crippen LogP) is 3.77. The van der Waals surface area contributed by atoms with Crippen molar-refractivity contribution in [3.63, 3.8) is 0 Å². The average molecular weight is 268 g/mol. The number of fused-ring (bicyclic) bond motifs is 1. The first-order valence-electron chi connectivity index (χ1n) is 7.40. The predicted molar refractivity (Wildman–Crippen MR) is 80.8 cm³/mol. The van der Waals surface area contributed by atoms with Crippen LogP contribution in [-0.4, -0.2) is 18.5 Å². The summed E-state index contributed by atoms with van der Waals surface area (Å²) < 4.78 is 5.62. The topological polar surface area (TPSA) is 26.3 Å². The van der Waals surface area contributed by atoms with E-state index in [2.05, 4.69) is 37.3 Å². The number of carbonyl (C=O) groups is 1. The number of rotatable bonds is 4. The molecule has 2 aromatic carbocycles. The SMILES string of the molecule is CCC1OCCC1C(=O)Cc1ccc2ccccc2c1. The Labute approximate surface area is 119 Å². The van der Waals surface area contributed by atoms with Crippen LogP contribution >= 0.6 is 0 Å². The van der Waals surface area contributed by atoms with Gasteiger partial charge in [0.2, 0.25) is 0 Å². The Morgan fingerprint density at radius 3 is 2.80 bits per heavy atom. The second kappa shape index (κ2) is 5.76. The Balaban J connectivity index is 1.77. The first kappa shape index (κ1) is 13.3. The minimum atomic E-state index is 0.0893. The Morgan fingerprint density at radius 2 is 2.00 bits per heavy atom. The van der Waals surface area contributed by atoms with Crippen LogP contribution in [0.4, 0.5) is 0 Å². The maximum atomic E-state index is 12.4. The van der Waals surface area contributed by atoms with E-state index < -0.39 is 0 Å². The molecule has 0 spiro atoms. The van der Waals surface area contributed by atoms with Crippen LogP contribution in [0.15, 0.2) is 42.5 Å². The van der Waals surface area contributed by atoms with Crippen LogP contribution in [0.1, 0.15) is 25.3 Å². The molecule has 1 fully saturated rings. The van der Waals surface area contributed by atoms with E-state index in [0.717, 1.165) is 25.0 Å². The Morgan fingerprint density at radius 1 is 1.20 bits per heavy atom. The highest BCUT2D eigenvalue weighted by Gasteiger charge is 2.32. The summed E-state index contributed by atoms with van der Waals surface area (Å²) in [6.07, 6.45) is 2.46. The van der Waals surface area contributed by atoms with Gasteiger partial charge in [0.25, 0.3) is 0 Å². The molecule has 20 heavy (non-hydrogen) atoms. The van der Waals surface area contributed by atoms with Crippen molar-refractivity contribution in [1.82, 2.24) is 0 Å². The van der Waals surface area contributed by atoms with Crippen molar-refractivity contribution in [2.75, 3.05) is 6.61 Å². The summed E-state index contributed by atoms with van der Waals surface area (Å²) in [4.78, 5) is 12.4. The third-order valence-corrected chi connectivity index (χ3v) is 4.22. The lowest BCUT2D eigenvalue weighted by atomic mass is 9.90. The molecule has 0 aliphatic carbocycles. The van der Waals surface area contributed by atoms with Crippen LogP contribution in [0, 0.1) is 5.92 Å². The van der Waals surface area contributed by atoms with Gasteiger partial charge in [-0.1, -0.05) is 49.4 Å². The number of Topliss-reactive ketones (excluding diaryl/α,β-unsaturated/α-hetero) is 1. The van der Waals surface area contributed by atoms with Gasteiger partial charge in [-0.3, -0.25) is 4.79 Å². The molecule has 2 aromatic rings. The van der Waals surface area contributed by atoms with Gasteiger partial charge in [-0.05, 0) is 29.2 Å². The van der Waals surface area contributed by atoms with Gasteiger partial charge in [0, 0.05) is 18.9 Å². The fourth-order valence-electron chi connectivity index (χ4n) is 3.10. The number of ketones is 1. The summed E-state index contributed by atoms with van der Waals surface area (Å²) in [6.45, 7) is 2.82. The van der Waals surface area contributed by atoms with Crippen molar-refractivity contribution in [2.24, 2.45) is 5.92 Å². The van der Waals surface area contributed by atoms with Crippen LogP contribution in [0.3, 0.4) is 0 Å². The first-order chi connectivity index (χ1) is 9.78. The molecule has 2 atom stereocenters. The zero-order valence-corrected chi connectivity index (χ0v) is 11.8. The van der Waals surface area contributed by atoms with Gasteiger partial charge < -0.3 is 4.74 Å². The number of carbonyl (C=O) groups excluding carboxylic acids is 1. The Kier molecular flexibility index (Phi) is 3.83. The minimum absolute atomic E-state index is 0.0893. The normalized spacial score (nSPS) is 22.2. The van der Waals surface area contributed by atoms with E-state index in [1.807, 2.05) is 12.1 Å². The van der Waals surface area contributed by atoms with Crippen molar-refractivity contribution in [3.8, 4) is 0 Å². The smallest absolute Gasteiger partial charge is 0.143 e. The minimum Gasteiger partial charge on any atom is -0.377 e. The Hall–Kier alpha value is -1.67. The zero-order valence-electron chi connectivity index (χ0n) is 11.8. The molecule has 2 heteroatoms. The van der Waals surface area contributed by atoms with Gasteiger partial charge in [0.1, 0.15) is 5.78 Å². The van der Waals surface area contributed by atoms with E-state index in [1.54, 1.807) is 0 Å². The molecular weight excluding hydrogens is 248 g/mol. The lowest BCUT2D eigenvalue weighted by Gasteiger charge is -2.15. The van der Waals surface area contributed by atoms with Gasteiger partial charge in [-0.25, -0.2) is 0 Å². The molecule has 0 amide bonds. The second-order valence-electron chi connectivity index (χ2n) is 5.54. The molecule has 2 unspecified atom stereocenters. The summed E-state index contributed by atoms with van der Waals surface area (Å²) in [6, 6.07) is 14.6. The molecule has 0 saturated carbocycles. The molecule has 1 aliphatic heterocycles. The van der Waals surface area contributed by atoms with E-state index >= 15 is 0 Å². The number of hydrogen-bond donors (Lipinski definition) is 0. The van der Waals surface area contributed by atoms with Crippen molar-refractivity contribution >= 4 is 16.6 Å². The summed E-state index contributed by atoms with van der Waals surface area (Å²) in [5.74, 6) is 0.413. The lowest BCUT2D eigenvalue weighted by Crippen LogP contribution is -2.25. The molecule has 1 aliphatic rings. The third-order valence-electron chi connectivity index (χ3n) is 4.22. The number of ether oxygens (including phenoxy) is 1. The molecule has 2 nitrogen and oxygen atoms in total. The van der Waals surface area contributed by atoms with E-state index in [-0.39, 0.29) is 12.0 Å². The van der Waals surface area contributed by atoms with Crippen molar-refractivity contribution < 1.29 is 9.53 Å². The summed E-state index contributed by atoms with van der Waals surface area (Å²) >= 11 is 0. The molecule has 0 N–H and O–H groups in total. The molecule has 0 bridgehead atoms. The van der Waals surface area contributed by atoms with Crippen molar-refractivity contribution in [2.45, 2.75) is 32.3 Å². The molecule has 1 saturated heterocycles. The van der Waals surface area contributed by atoms with Crippen LogP contribution in [-0.2, 0) is 16.0 Å². The fraction of sp³-hybridized carbons (Fsp3) is 0.389. The third kappa shape index (κ3) is 2.61. The summed E-state index contributed by atoms with van der Waals surface area (Å²) in [5, 5.41) is 2.42. The highest BCUT2D eigenvalue weighted by Crippen LogP contribution is 2.26. The highest BCUT2D eigenvalue weighted by atomic mass is 16.5. The highest BCUT2D eigenvalue weighted by molar-refractivity contribution is 5.87. The second-order valence-corrected chi connectivity index (χ2v) is 5.54. The van der Waals surface area contributed by atoms with Gasteiger partial charge in [0.15, 0.2) is 0 Å². The first-order valence-corrected chi connectivity index (χ1v) is 7.40. The van der Waals surface area contributed by atoms with Gasteiger partial charge >= 0.3 is 0 Å². The van der Waals surface area contributed by atoms with Crippen molar-refractivity contribution in [3.05, 3.63) is 48.0 Å². The van der Waals surface area contributed by atoms with Crippen LogP contribution < -0.4 is 0 Å². The van der Waals surface area contributed by atoms with Crippen LogP contribution in [0.5, 0.6) is 0 Å². The standard InChI is InChI=1S/C18H20O2/c1-2-18-16(9-10-20-18)17(19)12-13-7-8-14-5-3-4-6-15(14)11-13/h3-8,11,16,18H,2,9-10,12H2,1H3. The summed E-state index contributed by atoms with van der Waals surface area (Å²) in [5.41, 5.74) is 1.11. The maximum Gasteiger partial charge on any atom is 0.143 e. The van der Waals surface area contributed by atoms with E-state index in [4.69, 9.17) is 4.74 Å². The molecule has 0 radical (unpaired) electrons. The van der Waals surface area contributed by atoms with E-state index in [1.165, 1.54) is 10.8 Å². The molecule has 3 rings (SSSR count). The molecule has 0 aromatic heterocycles. The van der Waals surface area contributed by atoms with Gasteiger partial charge in [-0.2, -0.15) is 0 Å². The quantitative estimate of drug-likeness (QED) is 0.843. The molecule has 1 heterocycles. The van der Waals surface area contributed by atoms with Gasteiger partial charge in [0.05, 0.1) is 6.10 Å². The zero-order chi connectivity index (χ0) is 13.9. The van der Waals surface area contributed by atoms with Crippen LogP contribution in [0.25, 0.3) is 10.8 Å². The molecule has 104 valence electrons. The number of hydrogen-bond acceptors (Lipinski definition) is 2. The van der Waals surface area contributed by atoms with Gasteiger partial charge in [-0.15, -0.1) is 0 Å². The van der Waals surface area contributed by atoms with Crippen molar-refractivity contribution in [1.29, 1.82) is 0 Å². The largest absolute Gasteiger partial charge is 0.377 e. The van der Waals surface area contributed by atoms with Crippen LogP contribution in [0.2, 0.25) is 0 Å². The van der Waals surface area contributed by atoms with E-state index in [9.17, 15) is 4.79 Å². The number of benzene rings is 2. The Bertz CT molecular complexity index is 618. The maximum absolute atomic E-state index is 12.4. The lowest BCUT2D eigenvalue weighted by molar-refractivity contribution is -0.123. The summed E-state index contributed by atoms with van der Waals surface area (Å²) in [7, 11) is 0. The monoisotopic (exact) mass is 268 g/mol. The molecular formula is C18H20O2.